The number of aryl methyl sites for hydroxylation is 1. The van der Waals surface area contributed by atoms with Crippen LogP contribution in [0.4, 0.5) is 0 Å². The summed E-state index contributed by atoms with van der Waals surface area (Å²) in [6.45, 7) is 10.9. The highest BCUT2D eigenvalue weighted by molar-refractivity contribution is 5.74. The molecule has 3 aliphatic rings. The third-order valence-corrected chi connectivity index (χ3v) is 13.7. The van der Waals surface area contributed by atoms with E-state index < -0.39 is 35.4 Å². The van der Waals surface area contributed by atoms with Gasteiger partial charge >= 0.3 is 0 Å². The molecule has 2 fully saturated rings. The zero-order valence-corrected chi connectivity index (χ0v) is 35.4. The van der Waals surface area contributed by atoms with E-state index in [1.54, 1.807) is 0 Å². The van der Waals surface area contributed by atoms with E-state index in [1.165, 1.54) is 11.1 Å². The molecule has 7 N–H and O–H groups in total. The first-order valence-corrected chi connectivity index (χ1v) is 21.7. The van der Waals surface area contributed by atoms with E-state index in [1.807, 2.05) is 57.3 Å². The minimum atomic E-state index is -1.22. The van der Waals surface area contributed by atoms with Crippen molar-refractivity contribution in [2.24, 2.45) is 23.2 Å². The fourth-order valence-corrected chi connectivity index (χ4v) is 10.4. The van der Waals surface area contributed by atoms with Crippen LogP contribution in [0.25, 0.3) is 0 Å². The van der Waals surface area contributed by atoms with Crippen LogP contribution < -0.4 is 10.6 Å². The van der Waals surface area contributed by atoms with Gasteiger partial charge in [-0.15, -0.1) is 0 Å². The van der Waals surface area contributed by atoms with Crippen LogP contribution in [0.2, 0.25) is 0 Å². The van der Waals surface area contributed by atoms with E-state index in [0.29, 0.717) is 76.3 Å². The first kappa shape index (κ1) is 45.6. The highest BCUT2D eigenvalue weighted by Crippen LogP contribution is 2.64. The van der Waals surface area contributed by atoms with Crippen LogP contribution in [0, 0.1) is 23.2 Å². The normalized spacial score (nSPS) is 31.1. The Hall–Kier alpha value is -3.47. The van der Waals surface area contributed by atoms with E-state index in [-0.39, 0.29) is 24.5 Å². The van der Waals surface area contributed by atoms with Gasteiger partial charge in [-0.2, -0.15) is 0 Å². The Kier molecular flexibility index (Phi) is 16.6. The summed E-state index contributed by atoms with van der Waals surface area (Å²) in [6.07, 6.45) is 13.3. The van der Waals surface area contributed by atoms with Gasteiger partial charge in [-0.05, 0) is 157 Å². The number of aliphatic hydroxyl groups excluding tert-OH is 4. The van der Waals surface area contributed by atoms with E-state index in [4.69, 9.17) is 0 Å². The van der Waals surface area contributed by atoms with Gasteiger partial charge in [-0.25, -0.2) is 0 Å². The number of benzene rings is 2. The van der Waals surface area contributed by atoms with Gasteiger partial charge in [0.25, 0.3) is 0 Å². The van der Waals surface area contributed by atoms with Crippen molar-refractivity contribution >= 4 is 6.29 Å². The Bertz CT molecular complexity index is 1800. The molecular weight excluding hydrogens is 725 g/mol. The van der Waals surface area contributed by atoms with Crippen LogP contribution in [0.3, 0.4) is 0 Å². The lowest BCUT2D eigenvalue weighted by atomic mass is 9.51. The van der Waals surface area contributed by atoms with Gasteiger partial charge in [-0.1, -0.05) is 96.6 Å². The number of carbonyl (C=O) groups excluding carboxylic acids is 1. The summed E-state index contributed by atoms with van der Waals surface area (Å²) in [5.74, 6) is -0.677. The maximum absolute atomic E-state index is 12.9. The summed E-state index contributed by atoms with van der Waals surface area (Å²) in [7, 11) is 1.86. The number of fused-ring (bicyclic) bond motifs is 2. The molecule has 2 saturated carbocycles. The van der Waals surface area contributed by atoms with Crippen molar-refractivity contribution < 1.29 is 30.3 Å². The molecule has 1 heterocycles. The van der Waals surface area contributed by atoms with Crippen LogP contribution in [-0.2, 0) is 24.1 Å². The summed E-state index contributed by atoms with van der Waals surface area (Å²) < 4.78 is 0. The van der Waals surface area contributed by atoms with E-state index in [2.05, 4.69) is 66.6 Å². The van der Waals surface area contributed by atoms with Crippen LogP contribution in [0.5, 0.6) is 0 Å². The molecule has 9 unspecified atom stereocenters. The van der Waals surface area contributed by atoms with E-state index in [0.717, 1.165) is 47.0 Å². The summed E-state index contributed by atoms with van der Waals surface area (Å²) >= 11 is 0. The molecule has 2 bridgehead atoms. The lowest BCUT2D eigenvalue weighted by Gasteiger charge is -2.57. The van der Waals surface area contributed by atoms with Crippen LogP contribution in [0.1, 0.15) is 95.2 Å². The maximum Gasteiger partial charge on any atom is 0.145 e. The number of aldehydes is 1. The smallest absolute Gasteiger partial charge is 0.145 e. The first-order valence-electron chi connectivity index (χ1n) is 21.7. The SMILES string of the molecule is C=C(C=CC=C(C(O)CCc1ccccc1)C1CCC2(C(CCCO)C(=C(C)C=O)CCC2(O)CCNC)C1O)C1CC=C(C)C(O)NC(C)Cc2cccc(c2)C1. The maximum atomic E-state index is 12.9. The van der Waals surface area contributed by atoms with Gasteiger partial charge in [0.15, 0.2) is 0 Å². The molecule has 5 rings (SSSR count). The molecule has 1 spiro atoms. The van der Waals surface area contributed by atoms with Crippen LogP contribution in [-0.4, -0.2) is 82.1 Å². The Morgan fingerprint density at radius 1 is 1.09 bits per heavy atom. The molecule has 8 nitrogen and oxygen atoms in total. The summed E-state index contributed by atoms with van der Waals surface area (Å²) in [5, 5.41) is 65.1. The zero-order chi connectivity index (χ0) is 41.9. The Labute approximate surface area is 347 Å². The van der Waals surface area contributed by atoms with Crippen molar-refractivity contribution in [2.75, 3.05) is 20.2 Å². The molecule has 316 valence electrons. The average Bonchev–Trinajstić information content (AvgIpc) is 3.56. The van der Waals surface area contributed by atoms with Crippen molar-refractivity contribution in [3.8, 4) is 0 Å². The molecule has 58 heavy (non-hydrogen) atoms. The van der Waals surface area contributed by atoms with Crippen molar-refractivity contribution in [1.29, 1.82) is 0 Å². The second kappa shape index (κ2) is 21.2. The summed E-state index contributed by atoms with van der Waals surface area (Å²) in [5.41, 5.74) is 5.51. The number of allylic oxidation sites excluding steroid dienone is 7. The highest BCUT2D eigenvalue weighted by Gasteiger charge is 2.65. The highest BCUT2D eigenvalue weighted by atomic mass is 16.3. The molecule has 0 radical (unpaired) electrons. The molecule has 9 atom stereocenters. The Morgan fingerprint density at radius 3 is 2.53 bits per heavy atom. The standard InChI is InChI=1S/C50H70N2O6/c1-34(41-21-19-35(2)48(57)52-37(4)30-39-15-10-16-40(31-39)32-41)12-9-17-43(46(55)22-20-38-13-7-6-8-14-38)44-24-26-50(47(44)56)45(18-11-29-53)42(36(3)33-54)23-25-49(50,58)27-28-51-5/h6-10,12-17,19,31,33,37,41,44-48,51-53,55-58H,1,11,18,20-30,32H2,2-5H3. The Morgan fingerprint density at radius 2 is 1.83 bits per heavy atom. The minimum Gasteiger partial charge on any atom is -0.396 e. The van der Waals surface area contributed by atoms with Crippen molar-refractivity contribution in [3.05, 3.63) is 130 Å². The molecule has 8 heteroatoms. The number of aliphatic hydroxyl groups is 5. The van der Waals surface area contributed by atoms with Gasteiger partial charge in [0, 0.05) is 24.0 Å². The quantitative estimate of drug-likeness (QED) is 0.0449. The second-order valence-electron chi connectivity index (χ2n) is 17.5. The third-order valence-electron chi connectivity index (χ3n) is 13.7. The van der Waals surface area contributed by atoms with E-state index in [9.17, 15) is 30.3 Å². The summed E-state index contributed by atoms with van der Waals surface area (Å²) in [6, 6.07) is 18.9. The molecule has 1 aliphatic heterocycles. The lowest BCUT2D eigenvalue weighted by Crippen LogP contribution is -2.61. The molecule has 2 aromatic carbocycles. The molecule has 0 aromatic heterocycles. The van der Waals surface area contributed by atoms with Crippen molar-refractivity contribution in [1.82, 2.24) is 10.6 Å². The number of nitrogens with one attached hydrogen (secondary N) is 2. The lowest BCUT2D eigenvalue weighted by molar-refractivity contribution is -0.181. The monoisotopic (exact) mass is 795 g/mol. The summed E-state index contributed by atoms with van der Waals surface area (Å²) in [4.78, 5) is 12.2. The van der Waals surface area contributed by atoms with Gasteiger partial charge in [0.2, 0.25) is 0 Å². The van der Waals surface area contributed by atoms with Crippen molar-refractivity contribution in [2.45, 2.75) is 128 Å². The van der Waals surface area contributed by atoms with Gasteiger partial charge in [0.05, 0.1) is 17.8 Å². The second-order valence-corrected chi connectivity index (χ2v) is 17.5. The number of carbonyl (C=O) groups is 1. The topological polar surface area (TPSA) is 142 Å². The predicted molar refractivity (Wildman–Crippen MR) is 234 cm³/mol. The zero-order valence-electron chi connectivity index (χ0n) is 35.4. The average molecular weight is 795 g/mol. The molecule has 0 amide bonds. The van der Waals surface area contributed by atoms with Gasteiger partial charge in [0.1, 0.15) is 12.5 Å². The molecule has 2 aliphatic carbocycles. The Balaban J connectivity index is 1.52. The van der Waals surface area contributed by atoms with Crippen molar-refractivity contribution in [3.63, 3.8) is 0 Å². The molecular formula is C50H70N2O6. The third kappa shape index (κ3) is 10.6. The number of hydrogen-bond acceptors (Lipinski definition) is 8. The number of hydrogen-bond donors (Lipinski definition) is 7. The molecule has 2 aromatic rings. The first-order chi connectivity index (χ1) is 27.9. The fraction of sp³-hybridized carbons (Fsp3) is 0.540. The fourth-order valence-electron chi connectivity index (χ4n) is 10.4. The van der Waals surface area contributed by atoms with E-state index >= 15 is 0 Å². The predicted octanol–water partition coefficient (Wildman–Crippen LogP) is 6.86. The molecule has 0 saturated heterocycles. The van der Waals surface area contributed by atoms with Crippen LogP contribution in [0.15, 0.2) is 113 Å². The number of rotatable bonds is 15. The van der Waals surface area contributed by atoms with Gasteiger partial charge < -0.3 is 30.8 Å². The van der Waals surface area contributed by atoms with Crippen LogP contribution >= 0.6 is 0 Å². The van der Waals surface area contributed by atoms with Gasteiger partial charge in [-0.3, -0.25) is 10.1 Å². The largest absolute Gasteiger partial charge is 0.396 e. The minimum absolute atomic E-state index is 0.0229.